The zero-order valence-electron chi connectivity index (χ0n) is 15.6. The second-order valence-electron chi connectivity index (χ2n) is 5.62. The molecular formula is C18H21F2NO6S. The lowest BCUT2D eigenvalue weighted by Gasteiger charge is -2.14. The van der Waals surface area contributed by atoms with E-state index in [9.17, 15) is 17.2 Å². The first-order chi connectivity index (χ1) is 13.3. The van der Waals surface area contributed by atoms with Crippen LogP contribution in [0.4, 0.5) is 14.5 Å². The lowest BCUT2D eigenvalue weighted by Crippen LogP contribution is -2.14. The number of alkyl halides is 2. The zero-order valence-corrected chi connectivity index (χ0v) is 16.4. The Hall–Kier alpha value is -2.59. The Morgan fingerprint density at radius 3 is 2.32 bits per heavy atom. The molecule has 28 heavy (non-hydrogen) atoms. The van der Waals surface area contributed by atoms with Gasteiger partial charge in [-0.2, -0.15) is 8.78 Å². The molecule has 10 heteroatoms. The van der Waals surface area contributed by atoms with Gasteiger partial charge in [-0.05, 0) is 42.8 Å². The summed E-state index contributed by atoms with van der Waals surface area (Å²) in [5, 5.41) is 0. The van der Waals surface area contributed by atoms with Gasteiger partial charge < -0.3 is 18.9 Å². The summed E-state index contributed by atoms with van der Waals surface area (Å²) < 4.78 is 72.3. The molecule has 0 heterocycles. The first-order valence-corrected chi connectivity index (χ1v) is 9.63. The number of methoxy groups -OCH3 is 2. The van der Waals surface area contributed by atoms with Crippen LogP contribution in [0.1, 0.15) is 5.56 Å². The van der Waals surface area contributed by atoms with Crippen LogP contribution in [0.25, 0.3) is 0 Å². The SMILES string of the molecule is COCCOc1ccc(S(=O)(=O)Nc2ccc(OC)c(OC(F)F)c2)cc1C. The minimum absolute atomic E-state index is 0.00348. The predicted molar refractivity (Wildman–Crippen MR) is 99.0 cm³/mol. The fourth-order valence-electron chi connectivity index (χ4n) is 2.33. The molecule has 0 aromatic heterocycles. The van der Waals surface area contributed by atoms with Crippen molar-refractivity contribution in [1.29, 1.82) is 0 Å². The van der Waals surface area contributed by atoms with Crippen LogP contribution < -0.4 is 18.9 Å². The summed E-state index contributed by atoms with van der Waals surface area (Å²) in [7, 11) is -1.12. The maximum Gasteiger partial charge on any atom is 0.387 e. The highest BCUT2D eigenvalue weighted by molar-refractivity contribution is 7.92. The topological polar surface area (TPSA) is 83.1 Å². The number of sulfonamides is 1. The highest BCUT2D eigenvalue weighted by Crippen LogP contribution is 2.32. The van der Waals surface area contributed by atoms with Crippen LogP contribution in [0.2, 0.25) is 0 Å². The van der Waals surface area contributed by atoms with Gasteiger partial charge in [0.1, 0.15) is 12.4 Å². The average Bonchev–Trinajstić information content (AvgIpc) is 2.62. The number of anilines is 1. The summed E-state index contributed by atoms with van der Waals surface area (Å²) in [6.07, 6.45) is 0. The summed E-state index contributed by atoms with van der Waals surface area (Å²) in [6, 6.07) is 8.20. The third-order valence-corrected chi connectivity index (χ3v) is 5.01. The maximum atomic E-state index is 12.6. The second-order valence-corrected chi connectivity index (χ2v) is 7.30. The Kier molecular flexibility index (Phi) is 7.41. The van der Waals surface area contributed by atoms with Gasteiger partial charge in [-0.25, -0.2) is 8.42 Å². The quantitative estimate of drug-likeness (QED) is 0.597. The van der Waals surface area contributed by atoms with E-state index >= 15 is 0 Å². The molecule has 0 spiro atoms. The van der Waals surface area contributed by atoms with Crippen molar-refractivity contribution in [2.45, 2.75) is 18.4 Å². The number of ether oxygens (including phenoxy) is 4. The maximum absolute atomic E-state index is 12.6. The minimum Gasteiger partial charge on any atom is -0.493 e. The molecule has 0 bridgehead atoms. The highest BCUT2D eigenvalue weighted by atomic mass is 32.2. The van der Waals surface area contributed by atoms with Gasteiger partial charge in [0.25, 0.3) is 10.0 Å². The van der Waals surface area contributed by atoms with E-state index < -0.39 is 16.6 Å². The summed E-state index contributed by atoms with van der Waals surface area (Å²) in [6.45, 7) is -0.625. The van der Waals surface area contributed by atoms with Gasteiger partial charge >= 0.3 is 6.61 Å². The van der Waals surface area contributed by atoms with Crippen molar-refractivity contribution in [1.82, 2.24) is 0 Å². The van der Waals surface area contributed by atoms with Crippen LogP contribution in [0, 0.1) is 6.92 Å². The van der Waals surface area contributed by atoms with E-state index in [1.54, 1.807) is 20.1 Å². The number of aryl methyl sites for hydroxylation is 1. The molecule has 0 atom stereocenters. The van der Waals surface area contributed by atoms with E-state index in [4.69, 9.17) is 14.2 Å². The van der Waals surface area contributed by atoms with Crippen molar-refractivity contribution in [2.75, 3.05) is 32.2 Å². The molecule has 2 aromatic carbocycles. The van der Waals surface area contributed by atoms with Crippen molar-refractivity contribution in [3.63, 3.8) is 0 Å². The van der Waals surface area contributed by atoms with E-state index in [1.165, 1.54) is 31.4 Å². The number of benzene rings is 2. The zero-order chi connectivity index (χ0) is 20.7. The number of nitrogens with one attached hydrogen (secondary N) is 1. The molecule has 2 aromatic rings. The summed E-state index contributed by atoms with van der Waals surface area (Å²) >= 11 is 0. The number of hydrogen-bond donors (Lipinski definition) is 1. The predicted octanol–water partition coefficient (Wildman–Crippen LogP) is 3.43. The van der Waals surface area contributed by atoms with Crippen LogP contribution in [0.3, 0.4) is 0 Å². The third-order valence-electron chi connectivity index (χ3n) is 3.63. The van der Waals surface area contributed by atoms with Crippen molar-refractivity contribution < 1.29 is 36.1 Å². The standard InChI is InChI=1S/C18H21F2NO6S/c1-12-10-14(5-7-15(12)26-9-8-24-2)28(22,23)21-13-4-6-16(25-3)17(11-13)27-18(19)20/h4-7,10-11,18,21H,8-9H2,1-3H3. The van der Waals surface area contributed by atoms with Crippen molar-refractivity contribution in [3.8, 4) is 17.2 Å². The fourth-order valence-corrected chi connectivity index (χ4v) is 3.46. The molecule has 0 aliphatic rings. The lowest BCUT2D eigenvalue weighted by atomic mass is 10.2. The van der Waals surface area contributed by atoms with Gasteiger partial charge in [0.05, 0.1) is 24.3 Å². The van der Waals surface area contributed by atoms with Crippen molar-refractivity contribution in [3.05, 3.63) is 42.0 Å². The Bertz CT molecular complexity index is 905. The van der Waals surface area contributed by atoms with Crippen LogP contribution >= 0.6 is 0 Å². The molecule has 154 valence electrons. The molecule has 0 saturated carbocycles. The molecule has 0 aliphatic heterocycles. The Balaban J connectivity index is 2.22. The largest absolute Gasteiger partial charge is 0.493 e. The first kappa shape index (κ1) is 21.7. The second kappa shape index (κ2) is 9.56. The van der Waals surface area contributed by atoms with Gasteiger partial charge in [-0.15, -0.1) is 0 Å². The van der Waals surface area contributed by atoms with E-state index in [1.807, 2.05) is 0 Å². The van der Waals surface area contributed by atoms with Gasteiger partial charge in [-0.3, -0.25) is 4.72 Å². The highest BCUT2D eigenvalue weighted by Gasteiger charge is 2.18. The number of halogens is 2. The molecule has 0 radical (unpaired) electrons. The number of hydrogen-bond acceptors (Lipinski definition) is 6. The van der Waals surface area contributed by atoms with Crippen LogP contribution in [-0.4, -0.2) is 42.5 Å². The Morgan fingerprint density at radius 2 is 1.71 bits per heavy atom. The molecule has 7 nitrogen and oxygen atoms in total. The summed E-state index contributed by atoms with van der Waals surface area (Å²) in [5.74, 6) is 0.306. The first-order valence-electron chi connectivity index (χ1n) is 8.15. The summed E-state index contributed by atoms with van der Waals surface area (Å²) in [5.41, 5.74) is 0.671. The van der Waals surface area contributed by atoms with E-state index in [2.05, 4.69) is 9.46 Å². The lowest BCUT2D eigenvalue weighted by molar-refractivity contribution is -0.0511. The average molecular weight is 417 g/mol. The smallest absolute Gasteiger partial charge is 0.387 e. The molecule has 0 unspecified atom stereocenters. The van der Waals surface area contributed by atoms with E-state index in [0.29, 0.717) is 24.5 Å². The van der Waals surface area contributed by atoms with Gasteiger partial charge in [-0.1, -0.05) is 0 Å². The summed E-state index contributed by atoms with van der Waals surface area (Å²) in [4.78, 5) is -0.00348. The van der Waals surface area contributed by atoms with Crippen LogP contribution in [-0.2, 0) is 14.8 Å². The van der Waals surface area contributed by atoms with Gasteiger partial charge in [0.15, 0.2) is 11.5 Å². The van der Waals surface area contributed by atoms with Crippen molar-refractivity contribution in [2.24, 2.45) is 0 Å². The van der Waals surface area contributed by atoms with Gasteiger partial charge in [0.2, 0.25) is 0 Å². The minimum atomic E-state index is -3.96. The van der Waals surface area contributed by atoms with Crippen molar-refractivity contribution >= 4 is 15.7 Å². The third kappa shape index (κ3) is 5.70. The Labute approximate surface area is 162 Å². The van der Waals surface area contributed by atoms with E-state index in [0.717, 1.165) is 6.07 Å². The Morgan fingerprint density at radius 1 is 1.00 bits per heavy atom. The molecule has 1 N–H and O–H groups in total. The molecule has 0 saturated heterocycles. The van der Waals surface area contributed by atoms with Gasteiger partial charge in [0, 0.05) is 13.2 Å². The van der Waals surface area contributed by atoms with Crippen LogP contribution in [0.5, 0.6) is 17.2 Å². The van der Waals surface area contributed by atoms with Crippen LogP contribution in [0.15, 0.2) is 41.3 Å². The molecule has 2 rings (SSSR count). The molecule has 0 amide bonds. The fraction of sp³-hybridized carbons (Fsp3) is 0.333. The van der Waals surface area contributed by atoms with E-state index in [-0.39, 0.29) is 22.1 Å². The molecule has 0 aliphatic carbocycles. The molecule has 0 fully saturated rings. The monoisotopic (exact) mass is 417 g/mol. The number of rotatable bonds is 10. The normalized spacial score (nSPS) is 11.4. The molecular weight excluding hydrogens is 396 g/mol.